The van der Waals surface area contributed by atoms with E-state index in [2.05, 4.69) is 20.9 Å². The second-order valence-electron chi connectivity index (χ2n) is 2.87. The van der Waals surface area contributed by atoms with E-state index >= 15 is 0 Å². The standard InChI is InChI=1S/C8H2BrF6NO.H2O/c9-4-2-16-5(7(10,11)12)1-3(4)6(17)8(13,14)15;/h1-2H;1H2. The highest BCUT2D eigenvalue weighted by Crippen LogP contribution is 2.32. The highest BCUT2D eigenvalue weighted by Gasteiger charge is 2.42. The van der Waals surface area contributed by atoms with Gasteiger partial charge < -0.3 is 5.48 Å². The van der Waals surface area contributed by atoms with E-state index in [0.717, 1.165) is 0 Å². The van der Waals surface area contributed by atoms with Gasteiger partial charge in [-0.15, -0.1) is 0 Å². The van der Waals surface area contributed by atoms with Gasteiger partial charge in [-0.1, -0.05) is 0 Å². The Bertz CT molecular complexity index is 456. The maximum absolute atomic E-state index is 12.2. The number of halogens is 7. The molecular weight excluding hydrogens is 336 g/mol. The number of ketones is 1. The molecule has 3 nitrogen and oxygen atoms in total. The Morgan fingerprint density at radius 3 is 2.06 bits per heavy atom. The van der Waals surface area contributed by atoms with Gasteiger partial charge >= 0.3 is 12.4 Å². The number of rotatable bonds is 1. The van der Waals surface area contributed by atoms with Crippen LogP contribution in [-0.2, 0) is 6.18 Å². The number of Topliss-reactive ketones (excluding diaryl/α,β-unsaturated/α-hetero) is 1. The molecule has 0 saturated carbocycles. The molecule has 0 unspecified atom stereocenters. The summed E-state index contributed by atoms with van der Waals surface area (Å²) < 4.78 is 72.3. The zero-order valence-electron chi connectivity index (χ0n) is 8.16. The Balaban J connectivity index is 0.00000289. The van der Waals surface area contributed by atoms with Crippen molar-refractivity contribution in [2.75, 3.05) is 0 Å². The fourth-order valence-corrected chi connectivity index (χ4v) is 1.32. The van der Waals surface area contributed by atoms with Gasteiger partial charge in [0.05, 0.1) is 0 Å². The van der Waals surface area contributed by atoms with Crippen LogP contribution in [0.25, 0.3) is 0 Å². The van der Waals surface area contributed by atoms with Crippen LogP contribution >= 0.6 is 15.9 Å². The van der Waals surface area contributed by atoms with Crippen LogP contribution in [0.15, 0.2) is 16.7 Å². The predicted octanol–water partition coefficient (Wildman–Crippen LogP) is 2.78. The van der Waals surface area contributed by atoms with Crippen molar-refractivity contribution in [3.8, 4) is 0 Å². The van der Waals surface area contributed by atoms with Crippen LogP contribution in [0, 0.1) is 0 Å². The Kier molecular flexibility index (Phi) is 4.89. The van der Waals surface area contributed by atoms with E-state index in [1.807, 2.05) is 0 Å². The summed E-state index contributed by atoms with van der Waals surface area (Å²) in [6.07, 6.45) is -9.66. The number of nitrogens with zero attached hydrogens (tertiary/aromatic N) is 1. The van der Waals surface area contributed by atoms with Crippen molar-refractivity contribution in [1.82, 2.24) is 4.98 Å². The third-order valence-corrected chi connectivity index (χ3v) is 2.28. The largest absolute Gasteiger partial charge is 0.454 e. The van der Waals surface area contributed by atoms with Crippen molar-refractivity contribution >= 4 is 21.7 Å². The minimum Gasteiger partial charge on any atom is -0.412 e. The summed E-state index contributed by atoms with van der Waals surface area (Å²) in [6, 6.07) is 0.0555. The fraction of sp³-hybridized carbons (Fsp3) is 0.250. The van der Waals surface area contributed by atoms with Crippen molar-refractivity contribution in [2.45, 2.75) is 12.4 Å². The smallest absolute Gasteiger partial charge is 0.412 e. The summed E-state index contributed by atoms with van der Waals surface area (Å²) in [5.41, 5.74) is -2.69. The molecule has 1 rings (SSSR count). The molecular formula is C8H4BrF6NO2. The van der Waals surface area contributed by atoms with E-state index in [1.165, 1.54) is 0 Å². The Labute approximate surface area is 104 Å². The van der Waals surface area contributed by atoms with Crippen molar-refractivity contribution in [3.05, 3.63) is 28.0 Å². The summed E-state index contributed by atoms with van der Waals surface area (Å²) in [5, 5.41) is 0. The molecule has 0 atom stereocenters. The van der Waals surface area contributed by atoms with Gasteiger partial charge in [-0.2, -0.15) is 26.3 Å². The summed E-state index contributed by atoms with van der Waals surface area (Å²) in [6.45, 7) is 0. The summed E-state index contributed by atoms with van der Waals surface area (Å²) in [7, 11) is 0. The van der Waals surface area contributed by atoms with E-state index in [0.29, 0.717) is 6.20 Å². The molecule has 1 aromatic heterocycles. The van der Waals surface area contributed by atoms with Gasteiger partial charge in [-0.3, -0.25) is 9.78 Å². The zero-order chi connectivity index (χ0) is 13.4. The highest BCUT2D eigenvalue weighted by molar-refractivity contribution is 9.10. The average molecular weight is 340 g/mol. The molecule has 1 heterocycles. The van der Waals surface area contributed by atoms with Crippen LogP contribution in [0.3, 0.4) is 0 Å². The van der Waals surface area contributed by atoms with Crippen molar-refractivity contribution in [2.24, 2.45) is 0 Å². The van der Waals surface area contributed by atoms with Crippen LogP contribution in [0.2, 0.25) is 0 Å². The lowest BCUT2D eigenvalue weighted by Crippen LogP contribution is -2.24. The Hall–Kier alpha value is -1.16. The van der Waals surface area contributed by atoms with Gasteiger partial charge in [-0.05, 0) is 22.0 Å². The first-order valence-corrected chi connectivity index (χ1v) is 4.67. The Morgan fingerprint density at radius 2 is 1.67 bits per heavy atom. The van der Waals surface area contributed by atoms with Gasteiger partial charge in [0.25, 0.3) is 5.78 Å². The third kappa shape index (κ3) is 3.67. The van der Waals surface area contributed by atoms with E-state index < -0.39 is 33.9 Å². The molecule has 0 amide bonds. The van der Waals surface area contributed by atoms with Crippen molar-refractivity contribution < 1.29 is 36.6 Å². The molecule has 0 aromatic carbocycles. The normalized spacial score (nSPS) is 11.9. The second-order valence-corrected chi connectivity index (χ2v) is 3.73. The van der Waals surface area contributed by atoms with E-state index in [-0.39, 0.29) is 11.5 Å². The second kappa shape index (κ2) is 5.22. The number of carbonyl (C=O) groups is 1. The van der Waals surface area contributed by atoms with Gasteiger partial charge in [0.15, 0.2) is 0 Å². The topological polar surface area (TPSA) is 61.5 Å². The molecule has 18 heavy (non-hydrogen) atoms. The molecule has 102 valence electrons. The molecule has 0 fully saturated rings. The predicted molar refractivity (Wildman–Crippen MR) is 50.9 cm³/mol. The molecule has 2 N–H and O–H groups in total. The maximum Gasteiger partial charge on any atom is 0.454 e. The maximum atomic E-state index is 12.2. The summed E-state index contributed by atoms with van der Waals surface area (Å²) in [4.78, 5) is 13.7. The van der Waals surface area contributed by atoms with E-state index in [4.69, 9.17) is 0 Å². The molecule has 0 saturated heterocycles. The van der Waals surface area contributed by atoms with Crippen LogP contribution in [0.4, 0.5) is 26.3 Å². The first kappa shape index (κ1) is 16.8. The lowest BCUT2D eigenvalue weighted by Gasteiger charge is -2.10. The van der Waals surface area contributed by atoms with Crippen LogP contribution in [0.1, 0.15) is 16.1 Å². The monoisotopic (exact) mass is 339 g/mol. The lowest BCUT2D eigenvalue weighted by molar-refractivity contribution is -0.141. The van der Waals surface area contributed by atoms with Crippen LogP contribution in [0.5, 0.6) is 0 Å². The van der Waals surface area contributed by atoms with Gasteiger partial charge in [0.2, 0.25) is 0 Å². The first-order valence-electron chi connectivity index (χ1n) is 3.87. The molecule has 1 aromatic rings. The number of hydrogen-bond acceptors (Lipinski definition) is 2. The average Bonchev–Trinajstić information content (AvgIpc) is 2.14. The molecule has 0 aliphatic carbocycles. The number of alkyl halides is 6. The van der Waals surface area contributed by atoms with E-state index in [1.54, 1.807) is 0 Å². The van der Waals surface area contributed by atoms with Crippen LogP contribution < -0.4 is 0 Å². The van der Waals surface area contributed by atoms with Gasteiger partial charge in [0.1, 0.15) is 5.69 Å². The number of aromatic nitrogens is 1. The minimum absolute atomic E-state index is 0. The van der Waals surface area contributed by atoms with Crippen molar-refractivity contribution in [3.63, 3.8) is 0 Å². The fourth-order valence-electron chi connectivity index (χ4n) is 0.920. The van der Waals surface area contributed by atoms with Gasteiger partial charge in [-0.25, -0.2) is 0 Å². The quantitative estimate of drug-likeness (QED) is 0.583. The van der Waals surface area contributed by atoms with Gasteiger partial charge in [0, 0.05) is 16.2 Å². The molecule has 10 heteroatoms. The lowest BCUT2D eigenvalue weighted by atomic mass is 10.1. The number of carbonyl (C=O) groups excluding carboxylic acids is 1. The summed E-state index contributed by atoms with van der Waals surface area (Å²) in [5.74, 6) is -2.36. The van der Waals surface area contributed by atoms with Crippen molar-refractivity contribution in [1.29, 1.82) is 0 Å². The summed E-state index contributed by atoms with van der Waals surface area (Å²) >= 11 is 2.54. The zero-order valence-corrected chi connectivity index (χ0v) is 9.74. The molecule has 0 aliphatic heterocycles. The highest BCUT2D eigenvalue weighted by atomic mass is 79.9. The molecule has 0 spiro atoms. The molecule has 0 radical (unpaired) electrons. The number of hydrogen-bond donors (Lipinski definition) is 0. The molecule has 0 aliphatic rings. The first-order chi connectivity index (χ1) is 7.53. The van der Waals surface area contributed by atoms with E-state index in [9.17, 15) is 31.1 Å². The third-order valence-electron chi connectivity index (χ3n) is 1.65. The minimum atomic E-state index is -5.24. The Morgan fingerprint density at radius 1 is 1.17 bits per heavy atom. The van der Waals surface area contributed by atoms with Crippen LogP contribution in [-0.4, -0.2) is 22.4 Å². The molecule has 0 bridgehead atoms. The number of pyridine rings is 1. The SMILES string of the molecule is O.O=C(c1cc(C(F)(F)F)ncc1Br)C(F)(F)F.